The average Bonchev–Trinajstić information content (AvgIpc) is 1.79. The van der Waals surface area contributed by atoms with Gasteiger partial charge < -0.3 is 5.11 Å². The minimum absolute atomic E-state index is 0.268. The summed E-state index contributed by atoms with van der Waals surface area (Å²) in [5, 5.41) is 8.15. The highest BCUT2D eigenvalue weighted by atomic mass is 32.2. The van der Waals surface area contributed by atoms with E-state index < -0.39 is 10.1 Å². The Morgan fingerprint density at radius 1 is 1.45 bits per heavy atom. The Labute approximate surface area is 67.3 Å². The number of aliphatic hydroxyl groups excluding tert-OH is 1. The minimum Gasteiger partial charge on any atom is -0.396 e. The number of allylic oxidation sites excluding steroid dienone is 1. The number of rotatable bonds is 2. The summed E-state index contributed by atoms with van der Waals surface area (Å²) in [6.45, 7) is 2.21. The van der Waals surface area contributed by atoms with Crippen molar-refractivity contribution in [2.75, 3.05) is 12.9 Å². The van der Waals surface area contributed by atoms with Crippen molar-refractivity contribution < 1.29 is 18.1 Å². The fraction of sp³-hybridized carbons (Fsp3) is 0.667. The van der Waals surface area contributed by atoms with Crippen molar-refractivity contribution in [3.63, 3.8) is 0 Å². The molecule has 0 fully saturated rings. The molecule has 0 rings (SSSR count). The lowest BCUT2D eigenvalue weighted by Crippen LogP contribution is -1.88. The number of hydrogen-bond donors (Lipinski definition) is 2. The van der Waals surface area contributed by atoms with Crippen LogP contribution in [0.3, 0.4) is 0 Å². The normalized spacial score (nSPS) is 10.9. The van der Waals surface area contributed by atoms with E-state index in [1.54, 1.807) is 0 Å². The van der Waals surface area contributed by atoms with Crippen LogP contribution in [0.25, 0.3) is 0 Å². The second-order valence-corrected chi connectivity index (χ2v) is 3.28. The van der Waals surface area contributed by atoms with Crippen LogP contribution >= 0.6 is 0 Å². The Kier molecular flexibility index (Phi) is 9.27. The molecule has 0 bridgehead atoms. The van der Waals surface area contributed by atoms with E-state index in [2.05, 4.69) is 0 Å². The van der Waals surface area contributed by atoms with Gasteiger partial charge in [-0.05, 0) is 13.3 Å². The molecule has 68 valence electrons. The predicted molar refractivity (Wildman–Crippen MR) is 44.0 cm³/mol. The Morgan fingerprint density at radius 2 is 1.82 bits per heavy atom. The zero-order valence-electron chi connectivity index (χ0n) is 6.69. The van der Waals surface area contributed by atoms with Gasteiger partial charge in [-0.15, -0.1) is 0 Å². The summed E-state index contributed by atoms with van der Waals surface area (Å²) in [5.74, 6) is 0. The number of hydrogen-bond acceptors (Lipinski definition) is 3. The summed E-state index contributed by atoms with van der Waals surface area (Å²) in [7, 11) is -3.67. The lowest BCUT2D eigenvalue weighted by atomic mass is 10.4. The standard InChI is InChI=1S/C5H10O.CH4O3S/c1-2-3-4-5-6;1-5(2,3)4/h2-3,6H,4-5H2,1H3;1H3,(H,2,3,4). The highest BCUT2D eigenvalue weighted by Gasteiger charge is 1.81. The molecule has 4 nitrogen and oxygen atoms in total. The van der Waals surface area contributed by atoms with Gasteiger partial charge in [0.05, 0.1) is 6.26 Å². The van der Waals surface area contributed by atoms with Crippen molar-refractivity contribution in [2.45, 2.75) is 13.3 Å². The van der Waals surface area contributed by atoms with Crippen molar-refractivity contribution in [1.82, 2.24) is 0 Å². The van der Waals surface area contributed by atoms with Gasteiger partial charge in [0.15, 0.2) is 0 Å². The van der Waals surface area contributed by atoms with E-state index in [0.717, 1.165) is 6.42 Å². The molecule has 0 aliphatic heterocycles. The maximum absolute atomic E-state index is 9.19. The van der Waals surface area contributed by atoms with Crippen LogP contribution in [0.2, 0.25) is 0 Å². The molecule has 0 atom stereocenters. The third kappa shape index (κ3) is 81.7. The molecule has 0 aromatic carbocycles. The van der Waals surface area contributed by atoms with Gasteiger partial charge in [0.25, 0.3) is 10.1 Å². The van der Waals surface area contributed by atoms with Crippen molar-refractivity contribution in [2.24, 2.45) is 0 Å². The van der Waals surface area contributed by atoms with Gasteiger partial charge in [-0.3, -0.25) is 4.55 Å². The molecule has 0 saturated heterocycles. The molecule has 0 saturated carbocycles. The van der Waals surface area contributed by atoms with Gasteiger partial charge in [0.1, 0.15) is 0 Å². The maximum atomic E-state index is 9.19. The van der Waals surface area contributed by atoms with Crippen LogP contribution in [-0.4, -0.2) is 30.9 Å². The first-order valence-electron chi connectivity index (χ1n) is 3.06. The predicted octanol–water partition coefficient (Wildman–Crippen LogP) is 0.449. The summed E-state index contributed by atoms with van der Waals surface area (Å²) in [6, 6.07) is 0. The summed E-state index contributed by atoms with van der Waals surface area (Å²) < 4.78 is 25.9. The minimum atomic E-state index is -3.67. The fourth-order valence-corrected chi connectivity index (χ4v) is 0.241. The Morgan fingerprint density at radius 3 is 1.91 bits per heavy atom. The molecule has 11 heavy (non-hydrogen) atoms. The zero-order valence-corrected chi connectivity index (χ0v) is 7.50. The second kappa shape index (κ2) is 7.71. The third-order valence-corrected chi connectivity index (χ3v) is 0.531. The van der Waals surface area contributed by atoms with Crippen molar-refractivity contribution in [1.29, 1.82) is 0 Å². The van der Waals surface area contributed by atoms with Crippen LogP contribution in [0.4, 0.5) is 0 Å². The summed E-state index contributed by atoms with van der Waals surface area (Å²) >= 11 is 0. The summed E-state index contributed by atoms with van der Waals surface area (Å²) in [6.07, 6.45) is 5.36. The molecular weight excluding hydrogens is 168 g/mol. The van der Waals surface area contributed by atoms with Gasteiger partial charge >= 0.3 is 0 Å². The average molecular weight is 182 g/mol. The Bertz CT molecular complexity index is 173. The second-order valence-electron chi connectivity index (χ2n) is 1.81. The Hall–Kier alpha value is -0.390. The molecule has 0 aromatic heterocycles. The van der Waals surface area contributed by atoms with E-state index in [0.29, 0.717) is 6.26 Å². The van der Waals surface area contributed by atoms with Crippen LogP contribution in [0, 0.1) is 0 Å². The van der Waals surface area contributed by atoms with Gasteiger partial charge in [0, 0.05) is 6.61 Å². The molecule has 0 amide bonds. The smallest absolute Gasteiger partial charge is 0.261 e. The van der Waals surface area contributed by atoms with Gasteiger partial charge in [-0.1, -0.05) is 12.2 Å². The topological polar surface area (TPSA) is 74.6 Å². The summed E-state index contributed by atoms with van der Waals surface area (Å²) in [4.78, 5) is 0. The molecule has 0 heterocycles. The van der Waals surface area contributed by atoms with Gasteiger partial charge in [0.2, 0.25) is 0 Å². The fourth-order valence-electron chi connectivity index (χ4n) is 0.241. The van der Waals surface area contributed by atoms with E-state index in [1.165, 1.54) is 0 Å². The highest BCUT2D eigenvalue weighted by molar-refractivity contribution is 7.85. The van der Waals surface area contributed by atoms with Crippen LogP contribution in [0.15, 0.2) is 12.2 Å². The molecule has 0 aliphatic rings. The molecule has 2 N–H and O–H groups in total. The zero-order chi connectivity index (χ0) is 9.33. The van der Waals surface area contributed by atoms with Crippen LogP contribution in [0.1, 0.15) is 13.3 Å². The third-order valence-electron chi connectivity index (χ3n) is 0.531. The summed E-state index contributed by atoms with van der Waals surface area (Å²) in [5.41, 5.74) is 0. The molecule has 0 radical (unpaired) electrons. The van der Waals surface area contributed by atoms with Crippen LogP contribution in [-0.2, 0) is 10.1 Å². The van der Waals surface area contributed by atoms with E-state index >= 15 is 0 Å². The van der Waals surface area contributed by atoms with E-state index in [-0.39, 0.29) is 6.61 Å². The quantitative estimate of drug-likeness (QED) is 0.480. The van der Waals surface area contributed by atoms with Gasteiger partial charge in [-0.25, -0.2) is 0 Å². The van der Waals surface area contributed by atoms with Crippen molar-refractivity contribution in [3.05, 3.63) is 12.2 Å². The van der Waals surface area contributed by atoms with Crippen molar-refractivity contribution in [3.8, 4) is 0 Å². The largest absolute Gasteiger partial charge is 0.396 e. The Balaban J connectivity index is 0. The first-order valence-corrected chi connectivity index (χ1v) is 4.91. The SMILES string of the molecule is CC=CCCO.CS(=O)(=O)O. The van der Waals surface area contributed by atoms with Crippen LogP contribution in [0.5, 0.6) is 0 Å². The van der Waals surface area contributed by atoms with E-state index in [1.807, 2.05) is 19.1 Å². The maximum Gasteiger partial charge on any atom is 0.261 e. The molecule has 0 unspecified atom stereocenters. The molecule has 0 aromatic rings. The number of aliphatic hydroxyl groups is 1. The lowest BCUT2D eigenvalue weighted by Gasteiger charge is -1.76. The lowest BCUT2D eigenvalue weighted by molar-refractivity contribution is 0.302. The molecule has 0 aliphatic carbocycles. The van der Waals surface area contributed by atoms with E-state index in [4.69, 9.17) is 9.66 Å². The van der Waals surface area contributed by atoms with Crippen LogP contribution < -0.4 is 0 Å². The molecular formula is C6H14O4S. The first kappa shape index (κ1) is 13.2. The monoisotopic (exact) mass is 182 g/mol. The first-order chi connectivity index (χ1) is 4.91. The van der Waals surface area contributed by atoms with Crippen molar-refractivity contribution >= 4 is 10.1 Å². The molecule has 0 spiro atoms. The van der Waals surface area contributed by atoms with Gasteiger partial charge in [-0.2, -0.15) is 8.42 Å². The highest BCUT2D eigenvalue weighted by Crippen LogP contribution is 1.75. The van der Waals surface area contributed by atoms with E-state index in [9.17, 15) is 8.42 Å². The molecule has 5 heteroatoms.